The highest BCUT2D eigenvalue weighted by Gasteiger charge is 2.42. The molecule has 3 heterocycles. The summed E-state index contributed by atoms with van der Waals surface area (Å²) in [6, 6.07) is 0.391. The first-order valence-corrected chi connectivity index (χ1v) is 8.99. The van der Waals surface area contributed by atoms with E-state index in [-0.39, 0.29) is 12.3 Å². The Bertz CT molecular complexity index is 589. The summed E-state index contributed by atoms with van der Waals surface area (Å²) in [7, 11) is 0. The Morgan fingerprint density at radius 2 is 2.09 bits per heavy atom. The zero-order chi connectivity index (χ0) is 16.8. The van der Waals surface area contributed by atoms with Crippen molar-refractivity contribution in [1.82, 2.24) is 19.6 Å². The molecule has 0 aromatic carbocycles. The second-order valence-corrected chi connectivity index (χ2v) is 8.28. The molecule has 6 nitrogen and oxygen atoms in total. The van der Waals surface area contributed by atoms with Gasteiger partial charge in [0.2, 0.25) is 0 Å². The Morgan fingerprint density at radius 3 is 2.65 bits per heavy atom. The van der Waals surface area contributed by atoms with Crippen molar-refractivity contribution < 1.29 is 9.53 Å². The van der Waals surface area contributed by atoms with Crippen LogP contribution in [0.25, 0.3) is 0 Å². The molecule has 0 radical (unpaired) electrons. The summed E-state index contributed by atoms with van der Waals surface area (Å²) < 4.78 is 8.67. The fourth-order valence-electron chi connectivity index (χ4n) is 3.32. The van der Waals surface area contributed by atoms with Gasteiger partial charge >= 0.3 is 6.09 Å². The van der Waals surface area contributed by atoms with Gasteiger partial charge < -0.3 is 4.74 Å². The molecule has 0 saturated carbocycles. The van der Waals surface area contributed by atoms with Crippen LogP contribution in [0, 0.1) is 6.92 Å². The van der Waals surface area contributed by atoms with Crippen LogP contribution in [0.5, 0.6) is 0 Å². The van der Waals surface area contributed by atoms with Crippen LogP contribution in [0.1, 0.15) is 45.3 Å². The van der Waals surface area contributed by atoms with Crippen LogP contribution in [0.2, 0.25) is 0 Å². The molecule has 2 aliphatic heterocycles. The molecular weight excluding hydrogens is 360 g/mol. The minimum atomic E-state index is -0.444. The van der Waals surface area contributed by atoms with E-state index in [0.717, 1.165) is 42.6 Å². The van der Waals surface area contributed by atoms with Crippen LogP contribution in [-0.2, 0) is 4.74 Å². The predicted molar refractivity (Wildman–Crippen MR) is 91.2 cm³/mol. The van der Waals surface area contributed by atoms with Gasteiger partial charge in [0.1, 0.15) is 5.60 Å². The van der Waals surface area contributed by atoms with Crippen LogP contribution < -0.4 is 0 Å². The number of hydrogen-bond donors (Lipinski definition) is 0. The maximum absolute atomic E-state index is 12.4. The highest BCUT2D eigenvalue weighted by atomic mass is 79.9. The van der Waals surface area contributed by atoms with Crippen LogP contribution in [0.4, 0.5) is 4.79 Å². The lowest BCUT2D eigenvalue weighted by Crippen LogP contribution is -2.58. The zero-order valence-electron chi connectivity index (χ0n) is 14.3. The second kappa shape index (κ2) is 6.09. The maximum atomic E-state index is 12.4. The Labute approximate surface area is 145 Å². The molecule has 0 bridgehead atoms. The number of hydrogen-bond acceptors (Lipinski definition) is 4. The Hall–Kier alpha value is -1.08. The van der Waals surface area contributed by atoms with Crippen molar-refractivity contribution >= 4 is 22.0 Å². The third-order valence-electron chi connectivity index (χ3n) is 4.49. The van der Waals surface area contributed by atoms with E-state index < -0.39 is 5.60 Å². The first kappa shape index (κ1) is 16.8. The smallest absolute Gasteiger partial charge is 0.411 e. The van der Waals surface area contributed by atoms with Crippen molar-refractivity contribution in [2.45, 2.75) is 58.3 Å². The van der Waals surface area contributed by atoms with Gasteiger partial charge in [-0.2, -0.15) is 5.10 Å². The van der Waals surface area contributed by atoms with E-state index in [1.54, 1.807) is 0 Å². The fraction of sp³-hybridized carbons (Fsp3) is 0.750. The number of nitrogens with zero attached hydrogens (tertiary/aromatic N) is 4. The molecule has 1 atom stereocenters. The Kier molecular flexibility index (Phi) is 4.44. The Balaban J connectivity index is 1.60. The van der Waals surface area contributed by atoms with Gasteiger partial charge in [-0.1, -0.05) is 0 Å². The number of ether oxygens (including phenoxy) is 1. The maximum Gasteiger partial charge on any atom is 0.411 e. The molecule has 23 heavy (non-hydrogen) atoms. The zero-order valence-corrected chi connectivity index (χ0v) is 15.8. The van der Waals surface area contributed by atoms with Gasteiger partial charge in [0, 0.05) is 25.3 Å². The van der Waals surface area contributed by atoms with E-state index in [0.29, 0.717) is 6.04 Å². The van der Waals surface area contributed by atoms with Crippen LogP contribution >= 0.6 is 15.9 Å². The molecular formula is C16H25BrN4O2. The van der Waals surface area contributed by atoms with Gasteiger partial charge in [-0.05, 0) is 56.5 Å². The van der Waals surface area contributed by atoms with Crippen molar-refractivity contribution in [3.05, 3.63) is 16.4 Å². The van der Waals surface area contributed by atoms with Crippen molar-refractivity contribution in [3.63, 3.8) is 0 Å². The molecule has 2 aliphatic rings. The Morgan fingerprint density at radius 1 is 1.39 bits per heavy atom. The molecule has 2 fully saturated rings. The van der Waals surface area contributed by atoms with E-state index in [4.69, 9.17) is 4.74 Å². The average Bonchev–Trinajstić information content (AvgIpc) is 2.97. The number of likely N-dealkylation sites (tertiary alicyclic amines) is 2. The summed E-state index contributed by atoms with van der Waals surface area (Å²) in [5.74, 6) is 0. The molecule has 1 amide bonds. The highest BCUT2D eigenvalue weighted by molar-refractivity contribution is 9.10. The number of amides is 1. The van der Waals surface area contributed by atoms with E-state index in [1.165, 1.54) is 0 Å². The third kappa shape index (κ3) is 3.40. The van der Waals surface area contributed by atoms with Crippen LogP contribution in [0.3, 0.4) is 0 Å². The lowest BCUT2D eigenvalue weighted by Gasteiger charge is -2.46. The standard InChI is InChI=1S/C16H25BrN4O2/c1-11-13(17)8-18-21(11)12-9-19(10-12)14-6-5-7-20(14)15(22)23-16(2,3)4/h8,12,14H,5-7,9-10H2,1-4H3. The quantitative estimate of drug-likeness (QED) is 0.785. The van der Waals surface area contributed by atoms with Gasteiger partial charge in [-0.15, -0.1) is 0 Å². The van der Waals surface area contributed by atoms with Crippen molar-refractivity contribution in [2.24, 2.45) is 0 Å². The summed E-state index contributed by atoms with van der Waals surface area (Å²) in [6.45, 7) is 10.4. The topological polar surface area (TPSA) is 50.6 Å². The summed E-state index contributed by atoms with van der Waals surface area (Å²) >= 11 is 3.51. The van der Waals surface area contributed by atoms with E-state index in [2.05, 4.69) is 37.5 Å². The molecule has 1 unspecified atom stereocenters. The lowest BCUT2D eigenvalue weighted by molar-refractivity contribution is -0.0307. The minimum Gasteiger partial charge on any atom is -0.444 e. The number of rotatable bonds is 2. The number of carbonyl (C=O) groups excluding carboxylic acids is 1. The van der Waals surface area contributed by atoms with Crippen molar-refractivity contribution in [3.8, 4) is 0 Å². The number of carbonyl (C=O) groups is 1. The molecule has 0 spiro atoms. The first-order chi connectivity index (χ1) is 10.8. The predicted octanol–water partition coefficient (Wildman–Crippen LogP) is 3.17. The fourth-order valence-corrected chi connectivity index (χ4v) is 3.59. The molecule has 128 valence electrons. The number of halogens is 1. The van der Waals surface area contributed by atoms with Crippen molar-refractivity contribution in [2.75, 3.05) is 19.6 Å². The monoisotopic (exact) mass is 384 g/mol. The van der Waals surface area contributed by atoms with Crippen molar-refractivity contribution in [1.29, 1.82) is 0 Å². The largest absolute Gasteiger partial charge is 0.444 e. The normalized spacial score (nSPS) is 23.2. The van der Waals surface area contributed by atoms with E-state index in [9.17, 15) is 4.79 Å². The van der Waals surface area contributed by atoms with Gasteiger partial charge in [0.05, 0.1) is 22.9 Å². The number of aromatic nitrogens is 2. The second-order valence-electron chi connectivity index (χ2n) is 7.43. The highest BCUT2D eigenvalue weighted by Crippen LogP contribution is 2.32. The van der Waals surface area contributed by atoms with Gasteiger partial charge in [-0.3, -0.25) is 14.5 Å². The first-order valence-electron chi connectivity index (χ1n) is 8.19. The van der Waals surface area contributed by atoms with E-state index >= 15 is 0 Å². The van der Waals surface area contributed by atoms with Crippen LogP contribution in [-0.4, -0.2) is 57.1 Å². The summed E-state index contributed by atoms with van der Waals surface area (Å²) in [6.07, 6.45) is 3.88. The molecule has 3 rings (SSSR count). The van der Waals surface area contributed by atoms with Gasteiger partial charge in [0.25, 0.3) is 0 Å². The molecule has 1 aromatic heterocycles. The van der Waals surface area contributed by atoms with Crippen LogP contribution in [0.15, 0.2) is 10.7 Å². The molecule has 0 aliphatic carbocycles. The molecule has 2 saturated heterocycles. The van der Waals surface area contributed by atoms with E-state index in [1.807, 2.05) is 31.9 Å². The molecule has 0 N–H and O–H groups in total. The average molecular weight is 385 g/mol. The van der Waals surface area contributed by atoms with Gasteiger partial charge in [0.15, 0.2) is 0 Å². The molecule has 1 aromatic rings. The SMILES string of the molecule is Cc1c(Br)cnn1C1CN(C2CCCN2C(=O)OC(C)(C)C)C1. The lowest BCUT2D eigenvalue weighted by atomic mass is 10.1. The summed E-state index contributed by atoms with van der Waals surface area (Å²) in [4.78, 5) is 16.6. The minimum absolute atomic E-state index is 0.167. The van der Waals surface area contributed by atoms with Gasteiger partial charge in [-0.25, -0.2) is 4.79 Å². The molecule has 7 heteroatoms. The summed E-state index contributed by atoms with van der Waals surface area (Å²) in [5.41, 5.74) is 0.713. The summed E-state index contributed by atoms with van der Waals surface area (Å²) in [5, 5.41) is 4.44. The third-order valence-corrected chi connectivity index (χ3v) is 5.27.